The molecule has 2 atom stereocenters. The maximum atomic E-state index is 11.5. The molecule has 1 aliphatic rings. The van der Waals surface area contributed by atoms with Crippen LogP contribution in [0.25, 0.3) is 0 Å². The first-order valence-electron chi connectivity index (χ1n) is 6.42. The van der Waals surface area contributed by atoms with Crippen LogP contribution in [0.1, 0.15) is 39.5 Å². The van der Waals surface area contributed by atoms with E-state index in [2.05, 4.69) is 24.1 Å². The lowest BCUT2D eigenvalue weighted by atomic mass is 9.95. The number of nitrogens with one attached hydrogen (secondary N) is 1. The van der Waals surface area contributed by atoms with Crippen molar-refractivity contribution in [3.05, 3.63) is 0 Å². The SMILES string of the molecule is CC#CCCC(NCCC)C1CCS(=O)(=O)C1. The Bertz CT molecular complexity index is 378. The molecule has 1 aliphatic heterocycles. The van der Waals surface area contributed by atoms with Crippen LogP contribution in [0.4, 0.5) is 0 Å². The molecule has 0 aromatic carbocycles. The lowest BCUT2D eigenvalue weighted by Crippen LogP contribution is -2.37. The largest absolute Gasteiger partial charge is 0.314 e. The zero-order valence-electron chi connectivity index (χ0n) is 10.8. The average molecular weight is 257 g/mol. The van der Waals surface area contributed by atoms with Gasteiger partial charge in [-0.25, -0.2) is 8.42 Å². The van der Waals surface area contributed by atoms with Gasteiger partial charge in [-0.2, -0.15) is 0 Å². The smallest absolute Gasteiger partial charge is 0.150 e. The fraction of sp³-hybridized carbons (Fsp3) is 0.846. The molecule has 0 radical (unpaired) electrons. The van der Waals surface area contributed by atoms with Crippen LogP contribution in [0, 0.1) is 17.8 Å². The van der Waals surface area contributed by atoms with Crippen LogP contribution in [-0.2, 0) is 9.84 Å². The van der Waals surface area contributed by atoms with E-state index in [1.165, 1.54) is 0 Å². The van der Waals surface area contributed by atoms with Crippen molar-refractivity contribution in [2.45, 2.75) is 45.6 Å². The topological polar surface area (TPSA) is 46.2 Å². The minimum absolute atomic E-state index is 0.283. The molecule has 1 rings (SSSR count). The quantitative estimate of drug-likeness (QED) is 0.735. The predicted octanol–water partition coefficient (Wildman–Crippen LogP) is 1.59. The highest BCUT2D eigenvalue weighted by molar-refractivity contribution is 7.91. The normalized spacial score (nSPS) is 24.0. The molecule has 1 heterocycles. The molecular weight excluding hydrogens is 234 g/mol. The molecule has 1 N–H and O–H groups in total. The van der Waals surface area contributed by atoms with Crippen molar-refractivity contribution >= 4 is 9.84 Å². The lowest BCUT2D eigenvalue weighted by molar-refractivity contribution is 0.365. The fourth-order valence-electron chi connectivity index (χ4n) is 2.33. The third kappa shape index (κ3) is 5.10. The standard InChI is InChI=1S/C13H23NO2S/c1-3-5-6-7-13(14-9-4-2)12-8-10-17(15,16)11-12/h12-14H,4,6-11H2,1-2H3. The van der Waals surface area contributed by atoms with E-state index >= 15 is 0 Å². The van der Waals surface area contributed by atoms with Gasteiger partial charge in [0.1, 0.15) is 0 Å². The summed E-state index contributed by atoms with van der Waals surface area (Å²) in [4.78, 5) is 0. The third-order valence-electron chi connectivity index (χ3n) is 3.25. The zero-order chi connectivity index (χ0) is 12.7. The summed E-state index contributed by atoms with van der Waals surface area (Å²) in [6.45, 7) is 4.93. The molecular formula is C13H23NO2S. The van der Waals surface area contributed by atoms with Gasteiger partial charge in [-0.05, 0) is 38.6 Å². The molecule has 0 bridgehead atoms. The van der Waals surface area contributed by atoms with Crippen molar-refractivity contribution < 1.29 is 8.42 Å². The molecule has 1 saturated heterocycles. The van der Waals surface area contributed by atoms with E-state index in [0.717, 1.165) is 32.2 Å². The molecule has 0 amide bonds. The molecule has 2 unspecified atom stereocenters. The first-order valence-corrected chi connectivity index (χ1v) is 8.24. The second-order valence-corrected chi connectivity index (χ2v) is 6.92. The Labute approximate surface area is 105 Å². The first-order chi connectivity index (χ1) is 8.09. The summed E-state index contributed by atoms with van der Waals surface area (Å²) in [5, 5.41) is 3.48. The fourth-order valence-corrected chi connectivity index (χ4v) is 4.21. The number of hydrogen-bond donors (Lipinski definition) is 1. The Hall–Kier alpha value is -0.530. The average Bonchev–Trinajstić information content (AvgIpc) is 2.64. The van der Waals surface area contributed by atoms with Crippen LogP contribution in [0.3, 0.4) is 0 Å². The van der Waals surface area contributed by atoms with Crippen LogP contribution >= 0.6 is 0 Å². The summed E-state index contributed by atoms with van der Waals surface area (Å²) >= 11 is 0. The van der Waals surface area contributed by atoms with Crippen molar-refractivity contribution in [2.75, 3.05) is 18.1 Å². The van der Waals surface area contributed by atoms with Gasteiger partial charge in [-0.3, -0.25) is 0 Å². The maximum absolute atomic E-state index is 11.5. The highest BCUT2D eigenvalue weighted by Gasteiger charge is 2.32. The molecule has 0 aromatic rings. The number of rotatable bonds is 6. The van der Waals surface area contributed by atoms with Crippen molar-refractivity contribution in [1.82, 2.24) is 5.32 Å². The van der Waals surface area contributed by atoms with E-state index in [0.29, 0.717) is 17.5 Å². The lowest BCUT2D eigenvalue weighted by Gasteiger charge is -2.23. The van der Waals surface area contributed by atoms with Gasteiger partial charge in [0, 0.05) is 12.5 Å². The Morgan fingerprint density at radius 2 is 2.24 bits per heavy atom. The monoisotopic (exact) mass is 257 g/mol. The molecule has 0 spiro atoms. The zero-order valence-corrected chi connectivity index (χ0v) is 11.6. The molecule has 3 nitrogen and oxygen atoms in total. The van der Waals surface area contributed by atoms with Gasteiger partial charge >= 0.3 is 0 Å². The van der Waals surface area contributed by atoms with Crippen LogP contribution in [0.5, 0.6) is 0 Å². The Balaban J connectivity index is 2.52. The van der Waals surface area contributed by atoms with E-state index in [9.17, 15) is 8.42 Å². The molecule has 4 heteroatoms. The van der Waals surface area contributed by atoms with Crippen molar-refractivity contribution in [3.8, 4) is 11.8 Å². The van der Waals surface area contributed by atoms with E-state index in [4.69, 9.17) is 0 Å². The van der Waals surface area contributed by atoms with E-state index in [1.807, 2.05) is 6.92 Å². The van der Waals surface area contributed by atoms with Crippen LogP contribution in [-0.4, -0.2) is 32.5 Å². The molecule has 0 aliphatic carbocycles. The van der Waals surface area contributed by atoms with Gasteiger partial charge < -0.3 is 5.32 Å². The molecule has 0 saturated carbocycles. The Kier molecular flexibility index (Phi) is 6.01. The summed E-state index contributed by atoms with van der Waals surface area (Å²) in [5.41, 5.74) is 0. The number of sulfone groups is 1. The molecule has 98 valence electrons. The molecule has 1 fully saturated rings. The summed E-state index contributed by atoms with van der Waals surface area (Å²) in [6, 6.07) is 0.313. The Morgan fingerprint density at radius 3 is 2.76 bits per heavy atom. The Morgan fingerprint density at radius 1 is 1.47 bits per heavy atom. The van der Waals surface area contributed by atoms with Gasteiger partial charge in [0.05, 0.1) is 11.5 Å². The second kappa shape index (κ2) is 7.03. The summed E-state index contributed by atoms with van der Waals surface area (Å²) in [5.74, 6) is 6.95. The van der Waals surface area contributed by atoms with Crippen molar-refractivity contribution in [3.63, 3.8) is 0 Å². The summed E-state index contributed by atoms with van der Waals surface area (Å²) in [7, 11) is -2.77. The van der Waals surface area contributed by atoms with Gasteiger partial charge in [-0.15, -0.1) is 11.8 Å². The van der Waals surface area contributed by atoms with Crippen LogP contribution < -0.4 is 5.32 Å². The second-order valence-electron chi connectivity index (χ2n) is 4.69. The first kappa shape index (κ1) is 14.5. The van der Waals surface area contributed by atoms with Crippen molar-refractivity contribution in [1.29, 1.82) is 0 Å². The van der Waals surface area contributed by atoms with Gasteiger partial charge in [0.15, 0.2) is 9.84 Å². The van der Waals surface area contributed by atoms with E-state index in [1.54, 1.807) is 0 Å². The minimum atomic E-state index is -2.77. The van der Waals surface area contributed by atoms with Crippen LogP contribution in [0.2, 0.25) is 0 Å². The van der Waals surface area contributed by atoms with E-state index in [-0.39, 0.29) is 5.92 Å². The highest BCUT2D eigenvalue weighted by atomic mass is 32.2. The van der Waals surface area contributed by atoms with Gasteiger partial charge in [0.25, 0.3) is 0 Å². The van der Waals surface area contributed by atoms with Gasteiger partial charge in [-0.1, -0.05) is 6.92 Å². The van der Waals surface area contributed by atoms with E-state index < -0.39 is 9.84 Å². The third-order valence-corrected chi connectivity index (χ3v) is 5.04. The van der Waals surface area contributed by atoms with Crippen molar-refractivity contribution in [2.24, 2.45) is 5.92 Å². The summed E-state index contributed by atoms with van der Waals surface area (Å²) in [6.07, 6.45) is 3.70. The highest BCUT2D eigenvalue weighted by Crippen LogP contribution is 2.24. The predicted molar refractivity (Wildman–Crippen MR) is 71.5 cm³/mol. The van der Waals surface area contributed by atoms with Gasteiger partial charge in [0.2, 0.25) is 0 Å². The summed E-state index contributed by atoms with van der Waals surface area (Å²) < 4.78 is 23.0. The molecule has 0 aromatic heterocycles. The minimum Gasteiger partial charge on any atom is -0.314 e. The molecule has 17 heavy (non-hydrogen) atoms. The van der Waals surface area contributed by atoms with Crippen LogP contribution in [0.15, 0.2) is 0 Å². The number of hydrogen-bond acceptors (Lipinski definition) is 3. The maximum Gasteiger partial charge on any atom is 0.150 e.